The smallest absolute Gasteiger partial charge is 0.410 e. The van der Waals surface area contributed by atoms with Gasteiger partial charge in [-0.05, 0) is 74.1 Å². The van der Waals surface area contributed by atoms with Crippen LogP contribution in [0.4, 0.5) is 4.79 Å². The molecule has 1 saturated carbocycles. The van der Waals surface area contributed by atoms with Crippen LogP contribution in [0.5, 0.6) is 11.5 Å². The second kappa shape index (κ2) is 23.1. The van der Waals surface area contributed by atoms with Crippen LogP contribution in [-0.2, 0) is 14.3 Å². The number of phenolic OH excluding ortho intramolecular Hbond substituents is 1. The second-order valence-electron chi connectivity index (χ2n) is 15.5. The van der Waals surface area contributed by atoms with E-state index in [-0.39, 0.29) is 43.3 Å². The predicted octanol–water partition coefficient (Wildman–Crippen LogP) is 9.43. The molecular weight excluding hydrogens is 684 g/mol. The maximum absolute atomic E-state index is 14.2. The number of oxime groups is 1. The van der Waals surface area contributed by atoms with Gasteiger partial charge in [0.1, 0.15) is 24.7 Å². The van der Waals surface area contributed by atoms with Crippen LogP contribution in [-0.4, -0.2) is 83.9 Å². The van der Waals surface area contributed by atoms with E-state index < -0.39 is 23.8 Å². The topological polar surface area (TPSA) is 130 Å². The fourth-order valence-corrected chi connectivity index (χ4v) is 9.22. The van der Waals surface area contributed by atoms with Crippen molar-refractivity contribution in [3.8, 4) is 11.5 Å². The number of aliphatic hydroxyl groups excluding tert-OH is 2. The molecule has 3 N–H and O–H groups in total. The molecule has 1 heterocycles. The summed E-state index contributed by atoms with van der Waals surface area (Å²) in [4.78, 5) is 21.5. The second-order valence-corrected chi connectivity index (χ2v) is 15.5. The van der Waals surface area contributed by atoms with E-state index in [1.165, 1.54) is 44.9 Å². The van der Waals surface area contributed by atoms with E-state index in [0.717, 1.165) is 61.8 Å². The number of hydrogen-bond donors (Lipinski definition) is 3. The molecular formula is C44H70N2O8. The van der Waals surface area contributed by atoms with Crippen molar-refractivity contribution < 1.29 is 39.2 Å². The van der Waals surface area contributed by atoms with Gasteiger partial charge in [0.15, 0.2) is 0 Å². The minimum atomic E-state index is -1.32. The van der Waals surface area contributed by atoms with Crippen molar-refractivity contribution in [3.63, 3.8) is 0 Å². The van der Waals surface area contributed by atoms with Gasteiger partial charge in [0.05, 0.1) is 24.8 Å². The summed E-state index contributed by atoms with van der Waals surface area (Å²) in [7, 11) is 1.55. The lowest BCUT2D eigenvalue weighted by molar-refractivity contribution is -0.255. The van der Waals surface area contributed by atoms with E-state index in [9.17, 15) is 20.1 Å². The largest absolute Gasteiger partial charge is 0.508 e. The highest BCUT2D eigenvalue weighted by Gasteiger charge is 2.65. The fourth-order valence-electron chi connectivity index (χ4n) is 9.22. The summed E-state index contributed by atoms with van der Waals surface area (Å²) < 4.78 is 20.1. The van der Waals surface area contributed by atoms with Crippen molar-refractivity contribution >= 4 is 11.8 Å². The molecule has 10 heteroatoms. The highest BCUT2D eigenvalue weighted by molar-refractivity contribution is 6.02. The molecule has 1 fully saturated rings. The molecule has 10 nitrogen and oxygen atoms in total. The number of benzene rings is 1. The van der Waals surface area contributed by atoms with E-state index in [1.807, 2.05) is 12.1 Å². The molecule has 0 bridgehead atoms. The van der Waals surface area contributed by atoms with E-state index in [1.54, 1.807) is 24.2 Å². The number of unbranched alkanes of at least 4 members (excludes halogenated alkanes) is 11. The summed E-state index contributed by atoms with van der Waals surface area (Å²) in [6.07, 6.45) is 21.5. The molecule has 1 aromatic carbocycles. The zero-order chi connectivity index (χ0) is 38.8. The first-order chi connectivity index (χ1) is 26.4. The number of rotatable bonds is 26. The standard InChI is InChI=1S/C44H70N2O8/c1-5-8-9-10-11-12-13-14-15-20-29-52-43(50)46(25-6-2)40-32-38(45-51-4)36-30-33(21-16-18-26-47)35(22-17-19-27-48)41-37-31-34(49)23-24-39(37)54-44(40,42(36)41)53-28-7-3/h7,23-24,30-31,33,35,40-42,47-49H,3,5-6,8-22,25-29,32H2,1-2,4H3. The van der Waals surface area contributed by atoms with Crippen molar-refractivity contribution in [2.75, 3.05) is 40.1 Å². The number of aromatic hydroxyl groups is 1. The fraction of sp³-hybridized carbons (Fsp3) is 0.727. The molecule has 4 rings (SSSR count). The third kappa shape index (κ3) is 11.0. The molecule has 0 saturated heterocycles. The lowest BCUT2D eigenvalue weighted by Gasteiger charge is -2.59. The Bertz CT molecular complexity index is 1350. The SMILES string of the molecule is C=CCOC12Oc3ccc(O)cc3C3C(CCCCO)C(CCCCO)C=C(C(=NOC)CC1N(CCC)C(=O)OCCCCCCCCCCCC)C32. The van der Waals surface area contributed by atoms with Gasteiger partial charge in [-0.3, -0.25) is 4.90 Å². The molecule has 1 amide bonds. The Kier molecular flexibility index (Phi) is 18.7. The molecule has 304 valence electrons. The summed E-state index contributed by atoms with van der Waals surface area (Å²) in [5, 5.41) is 34.9. The lowest BCUT2D eigenvalue weighted by Crippen LogP contribution is -2.70. The van der Waals surface area contributed by atoms with Crippen LogP contribution in [0, 0.1) is 17.8 Å². The first-order valence-corrected chi connectivity index (χ1v) is 21.1. The minimum Gasteiger partial charge on any atom is -0.508 e. The summed E-state index contributed by atoms with van der Waals surface area (Å²) >= 11 is 0. The van der Waals surface area contributed by atoms with Gasteiger partial charge in [0, 0.05) is 37.7 Å². The van der Waals surface area contributed by atoms with Crippen LogP contribution in [0.15, 0.2) is 47.7 Å². The summed E-state index contributed by atoms with van der Waals surface area (Å²) in [5.41, 5.74) is 2.61. The summed E-state index contributed by atoms with van der Waals surface area (Å²) in [6.45, 7) is 9.51. The van der Waals surface area contributed by atoms with Crippen molar-refractivity contribution in [2.24, 2.45) is 22.9 Å². The Morgan fingerprint density at radius 3 is 2.30 bits per heavy atom. The third-order valence-electron chi connectivity index (χ3n) is 11.7. The van der Waals surface area contributed by atoms with Crippen molar-refractivity contribution in [2.45, 2.75) is 147 Å². The van der Waals surface area contributed by atoms with Gasteiger partial charge in [0.25, 0.3) is 0 Å². The number of allylic oxidation sites excluding steroid dienone is 1. The Morgan fingerprint density at radius 2 is 1.65 bits per heavy atom. The van der Waals surface area contributed by atoms with Crippen molar-refractivity contribution in [1.82, 2.24) is 4.90 Å². The van der Waals surface area contributed by atoms with Crippen LogP contribution in [0.25, 0.3) is 0 Å². The Hall–Kier alpha value is -3.08. The van der Waals surface area contributed by atoms with Crippen LogP contribution in [0.2, 0.25) is 0 Å². The number of fused-ring (bicyclic) bond motifs is 2. The predicted molar refractivity (Wildman–Crippen MR) is 214 cm³/mol. The molecule has 1 aliphatic heterocycles. The lowest BCUT2D eigenvalue weighted by atomic mass is 9.55. The number of aliphatic hydroxyl groups is 2. The minimum absolute atomic E-state index is 0.102. The first kappa shape index (κ1) is 43.6. The zero-order valence-electron chi connectivity index (χ0n) is 33.5. The molecule has 0 radical (unpaired) electrons. The molecule has 6 unspecified atom stereocenters. The van der Waals surface area contributed by atoms with Gasteiger partial charge in [-0.1, -0.05) is 102 Å². The molecule has 0 spiro atoms. The molecule has 6 atom stereocenters. The maximum Gasteiger partial charge on any atom is 0.410 e. The van der Waals surface area contributed by atoms with Crippen LogP contribution in [0.3, 0.4) is 0 Å². The number of carbonyl (C=O) groups excluding carboxylic acids is 1. The normalized spacial score (nSPS) is 24.9. The molecule has 1 aromatic rings. The van der Waals surface area contributed by atoms with E-state index >= 15 is 0 Å². The summed E-state index contributed by atoms with van der Waals surface area (Å²) in [5.74, 6) is -0.883. The highest BCUT2D eigenvalue weighted by atomic mass is 16.7. The molecule has 54 heavy (non-hydrogen) atoms. The number of carbonyl (C=O) groups is 1. The van der Waals surface area contributed by atoms with Gasteiger partial charge in [-0.2, -0.15) is 0 Å². The number of hydrogen-bond acceptors (Lipinski definition) is 9. The first-order valence-electron chi connectivity index (χ1n) is 21.1. The van der Waals surface area contributed by atoms with Gasteiger partial charge < -0.3 is 34.4 Å². The zero-order valence-corrected chi connectivity index (χ0v) is 33.5. The average Bonchev–Trinajstić information content (AvgIpc) is 3.17. The number of nitrogens with zero attached hydrogens (tertiary/aromatic N) is 2. The third-order valence-corrected chi connectivity index (χ3v) is 11.7. The van der Waals surface area contributed by atoms with Gasteiger partial charge in [0.2, 0.25) is 5.79 Å². The molecule has 3 aliphatic rings. The molecule has 0 aromatic heterocycles. The molecule has 2 aliphatic carbocycles. The van der Waals surface area contributed by atoms with E-state index in [0.29, 0.717) is 44.6 Å². The Labute approximate surface area is 325 Å². The van der Waals surface area contributed by atoms with Gasteiger partial charge >= 0.3 is 6.09 Å². The Morgan fingerprint density at radius 1 is 0.963 bits per heavy atom. The number of ether oxygens (including phenoxy) is 3. The Balaban J connectivity index is 1.70. The van der Waals surface area contributed by atoms with Crippen LogP contribution >= 0.6 is 0 Å². The number of phenols is 1. The monoisotopic (exact) mass is 755 g/mol. The van der Waals surface area contributed by atoms with E-state index in [4.69, 9.17) is 19.0 Å². The summed E-state index contributed by atoms with van der Waals surface area (Å²) in [6, 6.07) is 4.65. The van der Waals surface area contributed by atoms with Crippen molar-refractivity contribution in [1.29, 1.82) is 0 Å². The van der Waals surface area contributed by atoms with E-state index in [2.05, 4.69) is 31.7 Å². The highest BCUT2D eigenvalue weighted by Crippen LogP contribution is 2.61. The van der Waals surface area contributed by atoms with Crippen molar-refractivity contribution in [3.05, 3.63) is 48.1 Å². The quantitative estimate of drug-likeness (QED) is 0.0485. The maximum atomic E-state index is 14.2. The van der Waals surface area contributed by atoms with Crippen LogP contribution in [0.1, 0.15) is 141 Å². The average molecular weight is 755 g/mol. The van der Waals surface area contributed by atoms with Gasteiger partial charge in [-0.25, -0.2) is 4.79 Å². The van der Waals surface area contributed by atoms with Gasteiger partial charge in [-0.15, -0.1) is 6.58 Å². The number of amides is 1. The van der Waals surface area contributed by atoms with Crippen LogP contribution < -0.4 is 4.74 Å².